The summed E-state index contributed by atoms with van der Waals surface area (Å²) in [5.74, 6) is -0.753. The highest BCUT2D eigenvalue weighted by molar-refractivity contribution is 5.75. The van der Waals surface area contributed by atoms with Gasteiger partial charge in [0.25, 0.3) is 0 Å². The standard InChI is InChI=1S/C10H18O3/c1-5-6-8(4)9(11)10(12)13-7(2)3/h5-9,11H,1-4H3/b6-5-/t8-,9-/m0/s1. The van der Waals surface area contributed by atoms with Gasteiger partial charge in [-0.05, 0) is 20.8 Å². The van der Waals surface area contributed by atoms with Gasteiger partial charge in [-0.1, -0.05) is 19.1 Å². The molecule has 0 saturated carbocycles. The first-order valence-electron chi connectivity index (χ1n) is 4.50. The highest BCUT2D eigenvalue weighted by atomic mass is 16.6. The minimum Gasteiger partial charge on any atom is -0.461 e. The summed E-state index contributed by atoms with van der Waals surface area (Å²) in [6, 6.07) is 0. The second kappa shape index (κ2) is 5.75. The number of carbonyl (C=O) groups excluding carboxylic acids is 1. The number of aliphatic hydroxyl groups is 1. The number of esters is 1. The Morgan fingerprint density at radius 1 is 1.38 bits per heavy atom. The van der Waals surface area contributed by atoms with Gasteiger partial charge in [-0.3, -0.25) is 0 Å². The van der Waals surface area contributed by atoms with E-state index in [0.717, 1.165) is 0 Å². The first kappa shape index (κ1) is 12.2. The average Bonchev–Trinajstić information content (AvgIpc) is 2.02. The molecule has 0 fully saturated rings. The summed E-state index contributed by atoms with van der Waals surface area (Å²) in [6.07, 6.45) is 2.33. The lowest BCUT2D eigenvalue weighted by molar-refractivity contribution is -0.159. The van der Waals surface area contributed by atoms with E-state index >= 15 is 0 Å². The lowest BCUT2D eigenvalue weighted by Crippen LogP contribution is -2.30. The molecular weight excluding hydrogens is 168 g/mol. The molecule has 0 aliphatic heterocycles. The fourth-order valence-electron chi connectivity index (χ4n) is 0.925. The van der Waals surface area contributed by atoms with Crippen LogP contribution in [0.25, 0.3) is 0 Å². The molecule has 1 N–H and O–H groups in total. The van der Waals surface area contributed by atoms with Crippen molar-refractivity contribution in [3.63, 3.8) is 0 Å². The Balaban J connectivity index is 4.09. The van der Waals surface area contributed by atoms with E-state index in [1.54, 1.807) is 32.9 Å². The van der Waals surface area contributed by atoms with E-state index in [-0.39, 0.29) is 12.0 Å². The Kier molecular flexibility index (Phi) is 5.39. The van der Waals surface area contributed by atoms with Crippen molar-refractivity contribution in [3.05, 3.63) is 12.2 Å². The molecule has 0 rings (SSSR count). The van der Waals surface area contributed by atoms with Gasteiger partial charge in [0.2, 0.25) is 0 Å². The third-order valence-electron chi connectivity index (χ3n) is 1.59. The van der Waals surface area contributed by atoms with Crippen molar-refractivity contribution in [2.75, 3.05) is 0 Å². The summed E-state index contributed by atoms with van der Waals surface area (Å²) in [7, 11) is 0. The molecule has 0 unspecified atom stereocenters. The summed E-state index contributed by atoms with van der Waals surface area (Å²) >= 11 is 0. The summed E-state index contributed by atoms with van der Waals surface area (Å²) in [5, 5.41) is 9.44. The monoisotopic (exact) mass is 186 g/mol. The Hall–Kier alpha value is -0.830. The van der Waals surface area contributed by atoms with Crippen LogP contribution in [0.3, 0.4) is 0 Å². The minimum atomic E-state index is -1.06. The maximum atomic E-state index is 11.2. The van der Waals surface area contributed by atoms with Crippen LogP contribution in [-0.4, -0.2) is 23.3 Å². The predicted octanol–water partition coefficient (Wildman–Crippen LogP) is 1.51. The number of allylic oxidation sites excluding steroid dienone is 1. The summed E-state index contributed by atoms with van der Waals surface area (Å²) in [4.78, 5) is 11.2. The third-order valence-corrected chi connectivity index (χ3v) is 1.59. The molecule has 0 aliphatic carbocycles. The molecule has 0 spiro atoms. The van der Waals surface area contributed by atoms with Crippen molar-refractivity contribution in [2.45, 2.75) is 39.9 Å². The van der Waals surface area contributed by atoms with Crippen molar-refractivity contribution in [1.29, 1.82) is 0 Å². The number of ether oxygens (including phenoxy) is 1. The van der Waals surface area contributed by atoms with Crippen molar-refractivity contribution < 1.29 is 14.6 Å². The van der Waals surface area contributed by atoms with E-state index in [0.29, 0.717) is 0 Å². The maximum absolute atomic E-state index is 11.2. The largest absolute Gasteiger partial charge is 0.461 e. The zero-order valence-electron chi connectivity index (χ0n) is 8.65. The number of aliphatic hydroxyl groups excluding tert-OH is 1. The van der Waals surface area contributed by atoms with E-state index in [9.17, 15) is 9.90 Å². The second-order valence-corrected chi connectivity index (χ2v) is 3.32. The van der Waals surface area contributed by atoms with Crippen LogP contribution in [0.5, 0.6) is 0 Å². The molecule has 13 heavy (non-hydrogen) atoms. The first-order valence-corrected chi connectivity index (χ1v) is 4.50. The molecule has 0 bridgehead atoms. The van der Waals surface area contributed by atoms with Gasteiger partial charge in [-0.2, -0.15) is 0 Å². The van der Waals surface area contributed by atoms with Crippen LogP contribution in [-0.2, 0) is 9.53 Å². The summed E-state index contributed by atoms with van der Waals surface area (Å²) in [5.41, 5.74) is 0. The van der Waals surface area contributed by atoms with Crippen LogP contribution in [0, 0.1) is 5.92 Å². The predicted molar refractivity (Wildman–Crippen MR) is 51.2 cm³/mol. The highest BCUT2D eigenvalue weighted by Gasteiger charge is 2.22. The van der Waals surface area contributed by atoms with Crippen LogP contribution in [0.15, 0.2) is 12.2 Å². The van der Waals surface area contributed by atoms with Gasteiger partial charge in [0, 0.05) is 5.92 Å². The van der Waals surface area contributed by atoms with Gasteiger partial charge in [-0.25, -0.2) is 4.79 Å². The molecule has 3 nitrogen and oxygen atoms in total. The molecule has 0 amide bonds. The van der Waals surface area contributed by atoms with Crippen molar-refractivity contribution in [1.82, 2.24) is 0 Å². The van der Waals surface area contributed by atoms with Crippen LogP contribution in [0.2, 0.25) is 0 Å². The quantitative estimate of drug-likeness (QED) is 0.534. The van der Waals surface area contributed by atoms with Crippen molar-refractivity contribution >= 4 is 5.97 Å². The molecule has 0 radical (unpaired) electrons. The van der Waals surface area contributed by atoms with Crippen LogP contribution >= 0.6 is 0 Å². The fraction of sp³-hybridized carbons (Fsp3) is 0.700. The van der Waals surface area contributed by atoms with Gasteiger partial charge in [0.15, 0.2) is 6.10 Å². The zero-order chi connectivity index (χ0) is 10.4. The molecule has 76 valence electrons. The summed E-state index contributed by atoms with van der Waals surface area (Å²) < 4.78 is 4.86. The van der Waals surface area contributed by atoms with Gasteiger partial charge in [0.05, 0.1) is 6.10 Å². The van der Waals surface area contributed by atoms with Gasteiger partial charge >= 0.3 is 5.97 Å². The molecule has 0 aromatic carbocycles. The zero-order valence-corrected chi connectivity index (χ0v) is 8.65. The van der Waals surface area contributed by atoms with E-state index in [4.69, 9.17) is 4.74 Å². The number of hydrogen-bond acceptors (Lipinski definition) is 3. The smallest absolute Gasteiger partial charge is 0.335 e. The van der Waals surface area contributed by atoms with Gasteiger partial charge in [0.1, 0.15) is 0 Å². The van der Waals surface area contributed by atoms with E-state index in [1.807, 2.05) is 6.92 Å². The number of carbonyl (C=O) groups is 1. The molecule has 3 heteroatoms. The van der Waals surface area contributed by atoms with Crippen LogP contribution in [0.1, 0.15) is 27.7 Å². The molecule has 0 aromatic rings. The first-order chi connectivity index (χ1) is 5.99. The molecule has 0 heterocycles. The Bertz CT molecular complexity index is 185. The van der Waals surface area contributed by atoms with Gasteiger partial charge in [-0.15, -0.1) is 0 Å². The SMILES string of the molecule is C/C=C\[C@H](C)[C@H](O)C(=O)OC(C)C. The maximum Gasteiger partial charge on any atom is 0.335 e. The molecule has 0 saturated heterocycles. The molecule has 0 aliphatic rings. The average molecular weight is 186 g/mol. The Morgan fingerprint density at radius 3 is 2.31 bits per heavy atom. The van der Waals surface area contributed by atoms with Crippen LogP contribution < -0.4 is 0 Å². The van der Waals surface area contributed by atoms with E-state index in [1.165, 1.54) is 0 Å². The number of rotatable bonds is 4. The fourth-order valence-corrected chi connectivity index (χ4v) is 0.925. The number of hydrogen-bond donors (Lipinski definition) is 1. The van der Waals surface area contributed by atoms with Crippen LogP contribution in [0.4, 0.5) is 0 Å². The van der Waals surface area contributed by atoms with Crippen molar-refractivity contribution in [2.24, 2.45) is 5.92 Å². The molecule has 0 aromatic heterocycles. The summed E-state index contributed by atoms with van der Waals surface area (Å²) in [6.45, 7) is 7.12. The van der Waals surface area contributed by atoms with E-state index in [2.05, 4.69) is 0 Å². The third kappa shape index (κ3) is 4.68. The lowest BCUT2D eigenvalue weighted by Gasteiger charge is -2.16. The topological polar surface area (TPSA) is 46.5 Å². The Morgan fingerprint density at radius 2 is 1.92 bits per heavy atom. The second-order valence-electron chi connectivity index (χ2n) is 3.32. The van der Waals surface area contributed by atoms with Crippen molar-refractivity contribution in [3.8, 4) is 0 Å². The minimum absolute atomic E-state index is 0.181. The van der Waals surface area contributed by atoms with Gasteiger partial charge < -0.3 is 9.84 Å². The molecule has 2 atom stereocenters. The molecular formula is C10H18O3. The Labute approximate surface area is 79.4 Å². The highest BCUT2D eigenvalue weighted by Crippen LogP contribution is 2.07. The normalized spacial score (nSPS) is 16.2. The van der Waals surface area contributed by atoms with E-state index < -0.39 is 12.1 Å². The lowest BCUT2D eigenvalue weighted by atomic mass is 10.0.